The SMILES string of the molecule is CNC(Cc1nc(C)cs1)CN(C)C. The topological polar surface area (TPSA) is 28.2 Å². The molecule has 0 bridgehead atoms. The number of hydrogen-bond acceptors (Lipinski definition) is 4. The highest BCUT2D eigenvalue weighted by atomic mass is 32.1. The lowest BCUT2D eigenvalue weighted by molar-refractivity contribution is 0.346. The van der Waals surface area contributed by atoms with E-state index in [1.807, 2.05) is 14.0 Å². The maximum atomic E-state index is 4.47. The summed E-state index contributed by atoms with van der Waals surface area (Å²) in [5.41, 5.74) is 1.13. The summed E-state index contributed by atoms with van der Waals surface area (Å²) in [7, 11) is 6.20. The minimum Gasteiger partial charge on any atom is -0.315 e. The second-order valence-electron chi connectivity index (χ2n) is 3.83. The minimum absolute atomic E-state index is 0.496. The second kappa shape index (κ2) is 5.44. The van der Waals surface area contributed by atoms with Crippen LogP contribution in [-0.2, 0) is 6.42 Å². The van der Waals surface area contributed by atoms with Crippen LogP contribution in [0.25, 0.3) is 0 Å². The molecule has 0 saturated heterocycles. The van der Waals surface area contributed by atoms with E-state index in [-0.39, 0.29) is 0 Å². The average molecular weight is 213 g/mol. The summed E-state index contributed by atoms with van der Waals surface area (Å²) in [5, 5.41) is 6.65. The average Bonchev–Trinajstić information content (AvgIpc) is 2.49. The van der Waals surface area contributed by atoms with E-state index in [9.17, 15) is 0 Å². The monoisotopic (exact) mass is 213 g/mol. The first kappa shape index (κ1) is 11.6. The van der Waals surface area contributed by atoms with Gasteiger partial charge < -0.3 is 10.2 Å². The Morgan fingerprint density at radius 1 is 1.57 bits per heavy atom. The third-order valence-corrected chi connectivity index (χ3v) is 3.07. The van der Waals surface area contributed by atoms with Gasteiger partial charge in [-0.15, -0.1) is 11.3 Å². The van der Waals surface area contributed by atoms with E-state index in [0.717, 1.165) is 18.7 Å². The summed E-state index contributed by atoms with van der Waals surface area (Å²) in [5.74, 6) is 0. The summed E-state index contributed by atoms with van der Waals surface area (Å²) in [6.45, 7) is 3.09. The van der Waals surface area contributed by atoms with Crippen molar-refractivity contribution in [1.82, 2.24) is 15.2 Å². The fourth-order valence-electron chi connectivity index (χ4n) is 1.41. The predicted molar refractivity (Wildman–Crippen MR) is 62.0 cm³/mol. The Kier molecular flexibility index (Phi) is 4.51. The summed E-state index contributed by atoms with van der Waals surface area (Å²) >= 11 is 1.75. The standard InChI is InChI=1S/C10H19N3S/c1-8-7-14-10(12-8)5-9(11-2)6-13(3)4/h7,9,11H,5-6H2,1-4H3. The van der Waals surface area contributed by atoms with Crippen molar-refractivity contribution in [3.63, 3.8) is 0 Å². The van der Waals surface area contributed by atoms with Gasteiger partial charge in [0.25, 0.3) is 0 Å². The molecule has 0 aliphatic rings. The molecule has 3 nitrogen and oxygen atoms in total. The molecule has 4 heteroatoms. The highest BCUT2D eigenvalue weighted by Crippen LogP contribution is 2.11. The zero-order valence-corrected chi connectivity index (χ0v) is 10.2. The van der Waals surface area contributed by atoms with Crippen molar-refractivity contribution in [2.45, 2.75) is 19.4 Å². The van der Waals surface area contributed by atoms with Gasteiger partial charge in [-0.25, -0.2) is 4.98 Å². The lowest BCUT2D eigenvalue weighted by atomic mass is 10.2. The van der Waals surface area contributed by atoms with Crippen LogP contribution in [0.3, 0.4) is 0 Å². The third kappa shape index (κ3) is 3.74. The van der Waals surface area contributed by atoms with E-state index in [2.05, 4.69) is 34.7 Å². The molecule has 1 rings (SSSR count). The fourth-order valence-corrected chi connectivity index (χ4v) is 2.26. The zero-order valence-electron chi connectivity index (χ0n) is 9.37. The van der Waals surface area contributed by atoms with E-state index in [1.165, 1.54) is 5.01 Å². The Balaban J connectivity index is 2.48. The molecule has 80 valence electrons. The highest BCUT2D eigenvalue weighted by Gasteiger charge is 2.10. The van der Waals surface area contributed by atoms with Crippen molar-refractivity contribution >= 4 is 11.3 Å². The Bertz CT molecular complexity index is 270. The first-order valence-electron chi connectivity index (χ1n) is 4.85. The van der Waals surface area contributed by atoms with Crippen LogP contribution < -0.4 is 5.32 Å². The van der Waals surface area contributed by atoms with E-state index in [4.69, 9.17) is 0 Å². The number of aryl methyl sites for hydroxylation is 1. The normalized spacial score (nSPS) is 13.5. The molecule has 1 aromatic rings. The summed E-state index contributed by atoms with van der Waals surface area (Å²) in [6.07, 6.45) is 1.02. The van der Waals surface area contributed by atoms with Crippen LogP contribution in [0.15, 0.2) is 5.38 Å². The molecule has 1 atom stereocenters. The van der Waals surface area contributed by atoms with Gasteiger partial charge >= 0.3 is 0 Å². The van der Waals surface area contributed by atoms with E-state index < -0.39 is 0 Å². The lowest BCUT2D eigenvalue weighted by Gasteiger charge is -2.19. The number of thiazole rings is 1. The van der Waals surface area contributed by atoms with Crippen molar-refractivity contribution in [1.29, 1.82) is 0 Å². The Hall–Kier alpha value is -0.450. The molecule has 0 spiro atoms. The number of rotatable bonds is 5. The molecular weight excluding hydrogens is 194 g/mol. The van der Waals surface area contributed by atoms with Gasteiger partial charge in [0.15, 0.2) is 0 Å². The van der Waals surface area contributed by atoms with Crippen LogP contribution in [0.1, 0.15) is 10.7 Å². The van der Waals surface area contributed by atoms with Crippen LogP contribution in [-0.4, -0.2) is 43.6 Å². The molecule has 0 aliphatic heterocycles. The number of aromatic nitrogens is 1. The van der Waals surface area contributed by atoms with E-state index in [1.54, 1.807) is 11.3 Å². The minimum atomic E-state index is 0.496. The predicted octanol–water partition coefficient (Wildman–Crippen LogP) is 1.14. The lowest BCUT2D eigenvalue weighted by Crippen LogP contribution is -2.37. The van der Waals surface area contributed by atoms with Gasteiger partial charge in [0, 0.05) is 30.1 Å². The molecule has 0 radical (unpaired) electrons. The molecule has 1 heterocycles. The molecule has 1 N–H and O–H groups in total. The van der Waals surface area contributed by atoms with Crippen molar-refractivity contribution in [2.24, 2.45) is 0 Å². The van der Waals surface area contributed by atoms with Crippen molar-refractivity contribution in [3.05, 3.63) is 16.1 Å². The molecule has 14 heavy (non-hydrogen) atoms. The molecule has 1 unspecified atom stereocenters. The van der Waals surface area contributed by atoms with Crippen LogP contribution in [0.2, 0.25) is 0 Å². The van der Waals surface area contributed by atoms with Crippen LogP contribution in [0.4, 0.5) is 0 Å². The Labute approximate surface area is 90.2 Å². The quantitative estimate of drug-likeness (QED) is 0.795. The van der Waals surface area contributed by atoms with Gasteiger partial charge in [0.2, 0.25) is 0 Å². The van der Waals surface area contributed by atoms with Crippen molar-refractivity contribution < 1.29 is 0 Å². The van der Waals surface area contributed by atoms with Gasteiger partial charge in [0.05, 0.1) is 5.01 Å². The van der Waals surface area contributed by atoms with Gasteiger partial charge in [-0.3, -0.25) is 0 Å². The van der Waals surface area contributed by atoms with Gasteiger partial charge in [0.1, 0.15) is 0 Å². The van der Waals surface area contributed by atoms with Crippen LogP contribution in [0.5, 0.6) is 0 Å². The van der Waals surface area contributed by atoms with Crippen LogP contribution >= 0.6 is 11.3 Å². The highest BCUT2D eigenvalue weighted by molar-refractivity contribution is 7.09. The smallest absolute Gasteiger partial charge is 0.0944 e. The second-order valence-corrected chi connectivity index (χ2v) is 4.78. The fraction of sp³-hybridized carbons (Fsp3) is 0.700. The molecule has 0 saturated carbocycles. The summed E-state index contributed by atoms with van der Waals surface area (Å²) < 4.78 is 0. The molecular formula is C10H19N3S. The van der Waals surface area contributed by atoms with E-state index in [0.29, 0.717) is 6.04 Å². The molecule has 1 aromatic heterocycles. The number of likely N-dealkylation sites (N-methyl/N-ethyl adjacent to an activating group) is 2. The van der Waals surface area contributed by atoms with Gasteiger partial charge in [-0.05, 0) is 28.1 Å². The molecule has 0 aromatic carbocycles. The maximum absolute atomic E-state index is 4.47. The maximum Gasteiger partial charge on any atom is 0.0944 e. The zero-order chi connectivity index (χ0) is 10.6. The van der Waals surface area contributed by atoms with Crippen LogP contribution in [0, 0.1) is 6.92 Å². The molecule has 0 fully saturated rings. The Morgan fingerprint density at radius 2 is 2.29 bits per heavy atom. The first-order chi connectivity index (χ1) is 6.61. The first-order valence-corrected chi connectivity index (χ1v) is 5.72. The molecule has 0 amide bonds. The van der Waals surface area contributed by atoms with Gasteiger partial charge in [-0.2, -0.15) is 0 Å². The largest absolute Gasteiger partial charge is 0.315 e. The Morgan fingerprint density at radius 3 is 2.71 bits per heavy atom. The number of nitrogens with one attached hydrogen (secondary N) is 1. The van der Waals surface area contributed by atoms with Crippen molar-refractivity contribution in [2.75, 3.05) is 27.7 Å². The summed E-state index contributed by atoms with van der Waals surface area (Å²) in [4.78, 5) is 6.66. The number of nitrogens with zero attached hydrogens (tertiary/aromatic N) is 2. The molecule has 0 aliphatic carbocycles. The van der Waals surface area contributed by atoms with E-state index >= 15 is 0 Å². The third-order valence-electron chi connectivity index (χ3n) is 2.08. The van der Waals surface area contributed by atoms with Gasteiger partial charge in [-0.1, -0.05) is 0 Å². The number of hydrogen-bond donors (Lipinski definition) is 1. The van der Waals surface area contributed by atoms with Crippen molar-refractivity contribution in [3.8, 4) is 0 Å². The summed E-state index contributed by atoms with van der Waals surface area (Å²) in [6, 6.07) is 0.496.